The van der Waals surface area contributed by atoms with Crippen LogP contribution in [0.1, 0.15) is 11.1 Å². The normalized spacial score (nSPS) is 9.31. The zero-order valence-electron chi connectivity index (χ0n) is 9.11. The summed E-state index contributed by atoms with van der Waals surface area (Å²) in [5.74, 6) is -0.00523. The summed E-state index contributed by atoms with van der Waals surface area (Å²) in [6.45, 7) is 0. The Morgan fingerprint density at radius 2 is 2.19 bits per heavy atom. The van der Waals surface area contributed by atoms with Gasteiger partial charge in [-0.2, -0.15) is 5.26 Å². The van der Waals surface area contributed by atoms with E-state index in [4.69, 9.17) is 15.7 Å². The van der Waals surface area contributed by atoms with Crippen molar-refractivity contribution >= 4 is 11.7 Å². The maximum atomic E-state index is 11.2. The maximum Gasteiger partial charge on any atom is 0.310 e. The fourth-order valence-electron chi connectivity index (χ4n) is 1.33. The number of hydrogen-bond acceptors (Lipinski definition) is 5. The van der Waals surface area contributed by atoms with Gasteiger partial charge in [-0.3, -0.25) is 4.79 Å². The van der Waals surface area contributed by atoms with Gasteiger partial charge in [0.15, 0.2) is 0 Å². The SMILES string of the molecule is COC(=O)Cc1c(C#N)ccc(OC)c1N. The third kappa shape index (κ3) is 2.23. The third-order valence-electron chi connectivity index (χ3n) is 2.21. The number of anilines is 1. The topological polar surface area (TPSA) is 85.3 Å². The molecule has 1 aromatic rings. The summed E-state index contributed by atoms with van der Waals surface area (Å²) in [6.07, 6.45) is -0.0393. The largest absolute Gasteiger partial charge is 0.495 e. The van der Waals surface area contributed by atoms with Crippen LogP contribution in [0.3, 0.4) is 0 Å². The second-order valence-corrected chi connectivity index (χ2v) is 3.07. The molecule has 0 aliphatic carbocycles. The van der Waals surface area contributed by atoms with Crippen molar-refractivity contribution in [1.29, 1.82) is 5.26 Å². The molecule has 0 saturated heterocycles. The molecular formula is C11H12N2O3. The lowest BCUT2D eigenvalue weighted by Gasteiger charge is -2.10. The summed E-state index contributed by atoms with van der Waals surface area (Å²) in [5.41, 5.74) is 6.88. The van der Waals surface area contributed by atoms with Gasteiger partial charge in [0.25, 0.3) is 0 Å². The summed E-state index contributed by atoms with van der Waals surface area (Å²) in [5, 5.41) is 8.89. The Balaban J connectivity index is 3.22. The van der Waals surface area contributed by atoms with E-state index in [9.17, 15) is 4.79 Å². The van der Waals surface area contributed by atoms with Crippen LogP contribution >= 0.6 is 0 Å². The van der Waals surface area contributed by atoms with Gasteiger partial charge in [0.1, 0.15) is 5.75 Å². The van der Waals surface area contributed by atoms with E-state index in [0.29, 0.717) is 22.6 Å². The molecule has 0 aromatic heterocycles. The van der Waals surface area contributed by atoms with Crippen LogP contribution in [0.2, 0.25) is 0 Å². The first-order valence-electron chi connectivity index (χ1n) is 4.56. The number of nitrogens with zero attached hydrogens (tertiary/aromatic N) is 1. The molecule has 2 N–H and O–H groups in total. The maximum absolute atomic E-state index is 11.2. The fourth-order valence-corrected chi connectivity index (χ4v) is 1.33. The minimum absolute atomic E-state index is 0.0393. The minimum Gasteiger partial charge on any atom is -0.495 e. The summed E-state index contributed by atoms with van der Waals surface area (Å²) in [7, 11) is 2.75. The van der Waals surface area contributed by atoms with Crippen molar-refractivity contribution in [1.82, 2.24) is 0 Å². The molecule has 5 nitrogen and oxygen atoms in total. The van der Waals surface area contributed by atoms with Gasteiger partial charge in [-0.25, -0.2) is 0 Å². The van der Waals surface area contributed by atoms with Crippen molar-refractivity contribution in [3.63, 3.8) is 0 Å². The second-order valence-electron chi connectivity index (χ2n) is 3.07. The van der Waals surface area contributed by atoms with Gasteiger partial charge in [-0.15, -0.1) is 0 Å². The number of esters is 1. The van der Waals surface area contributed by atoms with E-state index in [1.807, 2.05) is 6.07 Å². The average Bonchev–Trinajstić information content (AvgIpc) is 2.31. The Bertz CT molecular complexity index is 449. The van der Waals surface area contributed by atoms with E-state index < -0.39 is 5.97 Å². The number of nitrogens with two attached hydrogens (primary N) is 1. The van der Waals surface area contributed by atoms with Crippen molar-refractivity contribution in [2.75, 3.05) is 20.0 Å². The molecule has 0 saturated carbocycles. The Hall–Kier alpha value is -2.22. The molecule has 16 heavy (non-hydrogen) atoms. The second kappa shape index (κ2) is 5.03. The molecule has 0 spiro atoms. The first-order valence-corrected chi connectivity index (χ1v) is 4.56. The van der Waals surface area contributed by atoms with Crippen LogP contribution in [0.5, 0.6) is 5.75 Å². The molecule has 0 unspecified atom stereocenters. The number of hydrogen-bond donors (Lipinski definition) is 1. The Morgan fingerprint density at radius 1 is 1.50 bits per heavy atom. The van der Waals surface area contributed by atoms with Crippen molar-refractivity contribution in [3.8, 4) is 11.8 Å². The number of ether oxygens (including phenoxy) is 2. The van der Waals surface area contributed by atoms with E-state index >= 15 is 0 Å². The molecular weight excluding hydrogens is 208 g/mol. The quantitative estimate of drug-likeness (QED) is 0.603. The van der Waals surface area contributed by atoms with Gasteiger partial charge in [0, 0.05) is 5.56 Å². The molecule has 0 fully saturated rings. The molecule has 0 amide bonds. The van der Waals surface area contributed by atoms with Crippen LogP contribution in [0.4, 0.5) is 5.69 Å². The molecule has 5 heteroatoms. The lowest BCUT2D eigenvalue weighted by atomic mass is 10.0. The number of rotatable bonds is 3. The minimum atomic E-state index is -0.448. The van der Waals surface area contributed by atoms with E-state index in [1.54, 1.807) is 12.1 Å². The van der Waals surface area contributed by atoms with Crippen molar-refractivity contribution < 1.29 is 14.3 Å². The smallest absolute Gasteiger partial charge is 0.310 e. The van der Waals surface area contributed by atoms with Gasteiger partial charge >= 0.3 is 5.97 Å². The number of nitrogen functional groups attached to an aromatic ring is 1. The molecule has 0 aliphatic rings. The Morgan fingerprint density at radius 3 is 2.69 bits per heavy atom. The first kappa shape index (κ1) is 11.9. The van der Waals surface area contributed by atoms with Crippen LogP contribution in [-0.4, -0.2) is 20.2 Å². The highest BCUT2D eigenvalue weighted by atomic mass is 16.5. The summed E-state index contributed by atoms with van der Waals surface area (Å²) in [4.78, 5) is 11.2. The number of benzene rings is 1. The van der Waals surface area contributed by atoms with Crippen molar-refractivity contribution in [3.05, 3.63) is 23.3 Å². The molecule has 1 aromatic carbocycles. The molecule has 0 aliphatic heterocycles. The number of carbonyl (C=O) groups is 1. The molecule has 0 radical (unpaired) electrons. The fraction of sp³-hybridized carbons (Fsp3) is 0.273. The van der Waals surface area contributed by atoms with Crippen molar-refractivity contribution in [2.45, 2.75) is 6.42 Å². The highest BCUT2D eigenvalue weighted by Crippen LogP contribution is 2.28. The average molecular weight is 220 g/mol. The van der Waals surface area contributed by atoms with Crippen LogP contribution in [0.25, 0.3) is 0 Å². The molecule has 0 heterocycles. The van der Waals surface area contributed by atoms with Crippen LogP contribution < -0.4 is 10.5 Å². The van der Waals surface area contributed by atoms with E-state index in [2.05, 4.69) is 4.74 Å². The van der Waals surface area contributed by atoms with Crippen LogP contribution in [0.15, 0.2) is 12.1 Å². The van der Waals surface area contributed by atoms with Gasteiger partial charge in [0.2, 0.25) is 0 Å². The number of nitriles is 1. The van der Waals surface area contributed by atoms with E-state index in [-0.39, 0.29) is 6.42 Å². The lowest BCUT2D eigenvalue weighted by Crippen LogP contribution is -2.09. The predicted octanol–water partition coefficient (Wildman–Crippen LogP) is 0.865. The zero-order valence-corrected chi connectivity index (χ0v) is 9.11. The highest BCUT2D eigenvalue weighted by Gasteiger charge is 2.14. The van der Waals surface area contributed by atoms with Gasteiger partial charge < -0.3 is 15.2 Å². The highest BCUT2D eigenvalue weighted by molar-refractivity contribution is 5.78. The number of carbonyl (C=O) groups excluding carboxylic acids is 1. The molecule has 84 valence electrons. The van der Waals surface area contributed by atoms with E-state index in [0.717, 1.165) is 0 Å². The lowest BCUT2D eigenvalue weighted by molar-refractivity contribution is -0.139. The van der Waals surface area contributed by atoms with E-state index in [1.165, 1.54) is 14.2 Å². The van der Waals surface area contributed by atoms with Gasteiger partial charge in [-0.05, 0) is 12.1 Å². The molecule has 1 rings (SSSR count). The van der Waals surface area contributed by atoms with Crippen LogP contribution in [-0.2, 0) is 16.0 Å². The van der Waals surface area contributed by atoms with Crippen molar-refractivity contribution in [2.24, 2.45) is 0 Å². The molecule has 0 bridgehead atoms. The summed E-state index contributed by atoms with van der Waals surface area (Å²) in [6, 6.07) is 5.13. The predicted molar refractivity (Wildman–Crippen MR) is 57.8 cm³/mol. The zero-order chi connectivity index (χ0) is 12.1. The van der Waals surface area contributed by atoms with Gasteiger partial charge in [-0.1, -0.05) is 0 Å². The monoisotopic (exact) mass is 220 g/mol. The summed E-state index contributed by atoms with van der Waals surface area (Å²) < 4.78 is 9.55. The Kier molecular flexibility index (Phi) is 3.72. The van der Waals surface area contributed by atoms with Crippen LogP contribution in [0, 0.1) is 11.3 Å². The standard InChI is InChI=1S/C11H12N2O3/c1-15-9-4-3-7(6-12)8(11(9)13)5-10(14)16-2/h3-4H,5,13H2,1-2H3. The molecule has 0 atom stereocenters. The Labute approximate surface area is 93.4 Å². The number of methoxy groups -OCH3 is 2. The summed E-state index contributed by atoms with van der Waals surface area (Å²) >= 11 is 0. The van der Waals surface area contributed by atoms with Gasteiger partial charge in [0.05, 0.1) is 38.0 Å². The first-order chi connectivity index (χ1) is 7.63. The third-order valence-corrected chi connectivity index (χ3v) is 2.21.